The van der Waals surface area contributed by atoms with Crippen molar-refractivity contribution in [3.05, 3.63) is 24.3 Å². The Bertz CT molecular complexity index is 700. The number of nitrogens with one attached hydrogen (secondary N) is 1. The van der Waals surface area contributed by atoms with E-state index >= 15 is 0 Å². The molecule has 0 saturated heterocycles. The highest BCUT2D eigenvalue weighted by Crippen LogP contribution is 2.19. The van der Waals surface area contributed by atoms with Crippen LogP contribution in [0.3, 0.4) is 0 Å². The van der Waals surface area contributed by atoms with Gasteiger partial charge in [0.2, 0.25) is 20.0 Å². The number of sulfonamides is 2. The minimum atomic E-state index is -3.65. The van der Waals surface area contributed by atoms with E-state index in [4.69, 9.17) is 5.73 Å². The summed E-state index contributed by atoms with van der Waals surface area (Å²) in [5, 5.41) is 0. The van der Waals surface area contributed by atoms with Crippen molar-refractivity contribution in [2.24, 2.45) is 5.73 Å². The molecule has 0 aliphatic carbocycles. The fourth-order valence-electron chi connectivity index (χ4n) is 1.81. The predicted octanol–water partition coefficient (Wildman–Crippen LogP) is 1.20. The molecule has 9 heteroatoms. The Hall–Kier alpha value is -1.16. The second-order valence-electron chi connectivity index (χ2n) is 5.40. The van der Waals surface area contributed by atoms with Crippen molar-refractivity contribution in [1.29, 1.82) is 0 Å². The highest BCUT2D eigenvalue weighted by Gasteiger charge is 2.24. The van der Waals surface area contributed by atoms with Gasteiger partial charge in [-0.25, -0.2) is 16.8 Å². The van der Waals surface area contributed by atoms with Gasteiger partial charge in [-0.05, 0) is 37.6 Å². The molecule has 23 heavy (non-hydrogen) atoms. The van der Waals surface area contributed by atoms with Crippen molar-refractivity contribution in [2.45, 2.75) is 37.6 Å². The minimum absolute atomic E-state index is 0.0420. The van der Waals surface area contributed by atoms with Crippen LogP contribution in [0.4, 0.5) is 5.69 Å². The molecule has 1 atom stereocenters. The number of nitrogens with zero attached hydrogens (tertiary/aromatic N) is 1. The lowest BCUT2D eigenvalue weighted by Crippen LogP contribution is -2.39. The average molecular weight is 364 g/mol. The van der Waals surface area contributed by atoms with E-state index in [-0.39, 0.29) is 23.2 Å². The number of hydrogen-bond acceptors (Lipinski definition) is 5. The summed E-state index contributed by atoms with van der Waals surface area (Å²) < 4.78 is 52.1. The topological polar surface area (TPSA) is 110 Å². The molecule has 1 rings (SSSR count). The molecule has 132 valence electrons. The molecule has 1 aromatic rings. The molecule has 0 spiro atoms. The van der Waals surface area contributed by atoms with Gasteiger partial charge >= 0.3 is 0 Å². The molecule has 0 heterocycles. The van der Waals surface area contributed by atoms with E-state index in [2.05, 4.69) is 4.72 Å². The molecule has 1 unspecified atom stereocenters. The monoisotopic (exact) mass is 363 g/mol. The maximum absolute atomic E-state index is 12.4. The Morgan fingerprint density at radius 3 is 2.22 bits per heavy atom. The van der Waals surface area contributed by atoms with E-state index in [1.54, 1.807) is 6.92 Å². The van der Waals surface area contributed by atoms with Crippen molar-refractivity contribution in [3.63, 3.8) is 0 Å². The molecule has 7 nitrogen and oxygen atoms in total. The molecular weight excluding hydrogens is 338 g/mol. The standard InChI is InChI=1S/C14H25N3O4S2/c1-4-5-10-22(18,19)16-13-6-8-14(9-7-13)23(20,21)17(3)12(2)11-15/h6-9,12,16H,4-5,10-11,15H2,1-3H3. The molecule has 3 N–H and O–H groups in total. The van der Waals surface area contributed by atoms with Crippen molar-refractivity contribution in [1.82, 2.24) is 4.31 Å². The van der Waals surface area contributed by atoms with Gasteiger partial charge in [-0.1, -0.05) is 13.3 Å². The summed E-state index contributed by atoms with van der Waals surface area (Å²) in [5.41, 5.74) is 5.84. The molecule has 0 aliphatic rings. The van der Waals surface area contributed by atoms with Gasteiger partial charge in [0.05, 0.1) is 10.6 Å². The molecule has 0 fully saturated rings. The number of likely N-dealkylation sites (N-methyl/N-ethyl adjacent to an activating group) is 1. The van der Waals surface area contributed by atoms with Crippen LogP contribution in [0.5, 0.6) is 0 Å². The number of unbranched alkanes of at least 4 members (excludes halogenated alkanes) is 1. The highest BCUT2D eigenvalue weighted by molar-refractivity contribution is 7.92. The molecule has 0 bridgehead atoms. The molecule has 0 aromatic heterocycles. The first-order valence-corrected chi connectivity index (χ1v) is 10.5. The Morgan fingerprint density at radius 2 is 1.74 bits per heavy atom. The molecular formula is C14H25N3O4S2. The maximum atomic E-state index is 12.4. The van der Waals surface area contributed by atoms with Gasteiger partial charge in [-0.2, -0.15) is 4.31 Å². The fraction of sp³-hybridized carbons (Fsp3) is 0.571. The van der Waals surface area contributed by atoms with E-state index in [0.717, 1.165) is 6.42 Å². The second kappa shape index (κ2) is 8.09. The quantitative estimate of drug-likeness (QED) is 0.685. The van der Waals surface area contributed by atoms with Gasteiger partial charge in [0.15, 0.2) is 0 Å². The van der Waals surface area contributed by atoms with E-state index in [9.17, 15) is 16.8 Å². The predicted molar refractivity (Wildman–Crippen MR) is 92.2 cm³/mol. The maximum Gasteiger partial charge on any atom is 0.243 e. The Kier molecular flexibility index (Phi) is 7.00. The van der Waals surface area contributed by atoms with Crippen LogP contribution in [0.25, 0.3) is 0 Å². The van der Waals surface area contributed by atoms with Gasteiger partial charge in [0, 0.05) is 25.3 Å². The Morgan fingerprint density at radius 1 is 1.17 bits per heavy atom. The lowest BCUT2D eigenvalue weighted by atomic mass is 10.3. The smallest absolute Gasteiger partial charge is 0.243 e. The minimum Gasteiger partial charge on any atom is -0.329 e. The number of nitrogens with two attached hydrogens (primary N) is 1. The van der Waals surface area contributed by atoms with Gasteiger partial charge in [0.25, 0.3) is 0 Å². The SMILES string of the molecule is CCCCS(=O)(=O)Nc1ccc(S(=O)(=O)N(C)C(C)CN)cc1. The largest absolute Gasteiger partial charge is 0.329 e. The second-order valence-corrected chi connectivity index (χ2v) is 9.24. The molecule has 0 radical (unpaired) electrons. The number of hydrogen-bond donors (Lipinski definition) is 2. The zero-order valence-corrected chi connectivity index (χ0v) is 15.3. The van der Waals surface area contributed by atoms with Crippen LogP contribution in [0, 0.1) is 0 Å². The van der Waals surface area contributed by atoms with Crippen molar-refractivity contribution >= 4 is 25.7 Å². The van der Waals surface area contributed by atoms with E-state index < -0.39 is 20.0 Å². The van der Waals surface area contributed by atoms with Gasteiger partial charge in [-0.15, -0.1) is 0 Å². The molecule has 1 aromatic carbocycles. The van der Waals surface area contributed by atoms with Crippen LogP contribution in [0.2, 0.25) is 0 Å². The first-order chi connectivity index (χ1) is 10.6. The van der Waals surface area contributed by atoms with Gasteiger partial charge in [-0.3, -0.25) is 4.72 Å². The van der Waals surface area contributed by atoms with E-state index in [1.165, 1.54) is 35.6 Å². The van der Waals surface area contributed by atoms with Crippen LogP contribution < -0.4 is 10.5 Å². The normalized spacial score (nSPS) is 14.0. The van der Waals surface area contributed by atoms with Crippen molar-refractivity contribution < 1.29 is 16.8 Å². The van der Waals surface area contributed by atoms with Gasteiger partial charge < -0.3 is 5.73 Å². The first-order valence-electron chi connectivity index (χ1n) is 7.42. The molecule has 0 saturated carbocycles. The number of benzene rings is 1. The van der Waals surface area contributed by atoms with Crippen molar-refractivity contribution in [2.75, 3.05) is 24.1 Å². The summed E-state index contributed by atoms with van der Waals surface area (Å²) in [6.07, 6.45) is 1.35. The van der Waals surface area contributed by atoms with E-state index in [0.29, 0.717) is 12.1 Å². The highest BCUT2D eigenvalue weighted by atomic mass is 32.2. The van der Waals surface area contributed by atoms with Crippen LogP contribution >= 0.6 is 0 Å². The zero-order chi connectivity index (χ0) is 17.7. The van der Waals surface area contributed by atoms with Crippen LogP contribution in [0.15, 0.2) is 29.2 Å². The zero-order valence-electron chi connectivity index (χ0n) is 13.7. The Labute approximate surface area is 139 Å². The summed E-state index contributed by atoms with van der Waals surface area (Å²) in [5.74, 6) is 0.0420. The van der Waals surface area contributed by atoms with Crippen LogP contribution in [-0.2, 0) is 20.0 Å². The average Bonchev–Trinajstić information content (AvgIpc) is 2.51. The van der Waals surface area contributed by atoms with Gasteiger partial charge in [0.1, 0.15) is 0 Å². The Balaban J connectivity index is 2.92. The third-order valence-electron chi connectivity index (χ3n) is 3.53. The van der Waals surface area contributed by atoms with Crippen LogP contribution in [-0.4, -0.2) is 46.5 Å². The summed E-state index contributed by atoms with van der Waals surface area (Å²) in [7, 11) is -5.59. The summed E-state index contributed by atoms with van der Waals surface area (Å²) >= 11 is 0. The first kappa shape index (κ1) is 19.9. The summed E-state index contributed by atoms with van der Waals surface area (Å²) in [6.45, 7) is 3.84. The molecule has 0 amide bonds. The molecule has 0 aliphatic heterocycles. The lowest BCUT2D eigenvalue weighted by molar-refractivity contribution is 0.394. The third kappa shape index (κ3) is 5.45. The number of rotatable bonds is 9. The van der Waals surface area contributed by atoms with Crippen molar-refractivity contribution in [3.8, 4) is 0 Å². The fourth-order valence-corrected chi connectivity index (χ4v) is 4.45. The summed E-state index contributed by atoms with van der Waals surface area (Å²) in [6, 6.07) is 5.32. The van der Waals surface area contributed by atoms with E-state index in [1.807, 2.05) is 6.92 Å². The summed E-state index contributed by atoms with van der Waals surface area (Å²) in [4.78, 5) is 0.0943. The lowest BCUT2D eigenvalue weighted by Gasteiger charge is -2.23. The number of anilines is 1. The van der Waals surface area contributed by atoms with Crippen LogP contribution in [0.1, 0.15) is 26.7 Å². The third-order valence-corrected chi connectivity index (χ3v) is 6.89.